The average Bonchev–Trinajstić information content (AvgIpc) is 2.56. The molecule has 2 saturated carbocycles. The predicted octanol–water partition coefficient (Wildman–Crippen LogP) is 3.53. The summed E-state index contributed by atoms with van der Waals surface area (Å²) in [5, 5.41) is 10.1. The molecular formula is C14H24O. The Bertz CT molecular complexity index is 258. The minimum Gasteiger partial charge on any atom is -0.393 e. The normalized spacial score (nSPS) is 42.7. The molecule has 86 valence electrons. The second-order valence-electron chi connectivity index (χ2n) is 5.82. The SMILES string of the molecule is C=C1CCC[C@]2(C)CC[C@@H]([C@H](O)CC)[C@H]12. The van der Waals surface area contributed by atoms with Gasteiger partial charge in [-0.25, -0.2) is 0 Å². The Labute approximate surface area is 93.6 Å². The third-order valence-corrected chi connectivity index (χ3v) is 4.83. The molecule has 1 N–H and O–H groups in total. The first-order valence-electron chi connectivity index (χ1n) is 6.44. The number of hydrogen-bond acceptors (Lipinski definition) is 1. The van der Waals surface area contributed by atoms with E-state index in [4.69, 9.17) is 0 Å². The summed E-state index contributed by atoms with van der Waals surface area (Å²) in [5.74, 6) is 1.09. The van der Waals surface area contributed by atoms with Crippen molar-refractivity contribution in [1.82, 2.24) is 0 Å². The molecule has 0 aromatic carbocycles. The summed E-state index contributed by atoms with van der Waals surface area (Å²) < 4.78 is 0. The molecular weight excluding hydrogens is 184 g/mol. The second-order valence-corrected chi connectivity index (χ2v) is 5.82. The second kappa shape index (κ2) is 3.93. The first-order valence-corrected chi connectivity index (χ1v) is 6.44. The van der Waals surface area contributed by atoms with E-state index >= 15 is 0 Å². The molecule has 0 radical (unpaired) electrons. The number of hydrogen-bond donors (Lipinski definition) is 1. The van der Waals surface area contributed by atoms with Crippen molar-refractivity contribution in [3.05, 3.63) is 12.2 Å². The van der Waals surface area contributed by atoms with E-state index < -0.39 is 0 Å². The van der Waals surface area contributed by atoms with Gasteiger partial charge in [-0.1, -0.05) is 26.0 Å². The third kappa shape index (κ3) is 1.75. The van der Waals surface area contributed by atoms with Crippen LogP contribution in [0.5, 0.6) is 0 Å². The van der Waals surface area contributed by atoms with Crippen LogP contribution in [0.3, 0.4) is 0 Å². The van der Waals surface area contributed by atoms with Gasteiger partial charge in [-0.05, 0) is 55.8 Å². The highest BCUT2D eigenvalue weighted by Gasteiger charge is 2.49. The lowest BCUT2D eigenvalue weighted by molar-refractivity contribution is 0.0615. The van der Waals surface area contributed by atoms with Crippen molar-refractivity contribution < 1.29 is 5.11 Å². The molecule has 0 spiro atoms. The monoisotopic (exact) mass is 208 g/mol. The molecule has 2 aliphatic carbocycles. The largest absolute Gasteiger partial charge is 0.393 e. The molecule has 0 bridgehead atoms. The van der Waals surface area contributed by atoms with Gasteiger partial charge in [-0.2, -0.15) is 0 Å². The zero-order chi connectivity index (χ0) is 11.1. The van der Waals surface area contributed by atoms with Crippen molar-refractivity contribution in [1.29, 1.82) is 0 Å². The van der Waals surface area contributed by atoms with Crippen LogP contribution in [-0.4, -0.2) is 11.2 Å². The van der Waals surface area contributed by atoms with Crippen LogP contribution in [-0.2, 0) is 0 Å². The van der Waals surface area contributed by atoms with Gasteiger partial charge in [0.25, 0.3) is 0 Å². The maximum Gasteiger partial charge on any atom is 0.0571 e. The van der Waals surface area contributed by atoms with Gasteiger partial charge in [0, 0.05) is 0 Å². The first-order chi connectivity index (χ1) is 7.08. The topological polar surface area (TPSA) is 20.2 Å². The molecule has 2 aliphatic rings. The van der Waals surface area contributed by atoms with E-state index in [9.17, 15) is 5.11 Å². The molecule has 15 heavy (non-hydrogen) atoms. The Kier molecular flexibility index (Phi) is 2.94. The fourth-order valence-corrected chi connectivity index (χ4v) is 4.00. The Morgan fingerprint density at radius 1 is 1.53 bits per heavy atom. The summed E-state index contributed by atoms with van der Waals surface area (Å²) in [7, 11) is 0. The van der Waals surface area contributed by atoms with Gasteiger partial charge in [0.15, 0.2) is 0 Å². The van der Waals surface area contributed by atoms with Gasteiger partial charge in [-0.3, -0.25) is 0 Å². The van der Waals surface area contributed by atoms with E-state index in [1.807, 2.05) is 0 Å². The Morgan fingerprint density at radius 2 is 2.27 bits per heavy atom. The fraction of sp³-hybridized carbons (Fsp3) is 0.857. The summed E-state index contributed by atoms with van der Waals surface area (Å²) in [4.78, 5) is 0. The molecule has 0 aromatic rings. The van der Waals surface area contributed by atoms with Crippen LogP contribution >= 0.6 is 0 Å². The number of allylic oxidation sites excluding steroid dienone is 1. The highest BCUT2D eigenvalue weighted by Crippen LogP contribution is 2.57. The van der Waals surface area contributed by atoms with Crippen LogP contribution in [0.1, 0.15) is 52.4 Å². The van der Waals surface area contributed by atoms with Crippen LogP contribution in [0.4, 0.5) is 0 Å². The summed E-state index contributed by atoms with van der Waals surface area (Å²) in [6.07, 6.45) is 7.11. The van der Waals surface area contributed by atoms with Crippen LogP contribution in [0.15, 0.2) is 12.2 Å². The van der Waals surface area contributed by atoms with Crippen LogP contribution in [0.2, 0.25) is 0 Å². The van der Waals surface area contributed by atoms with Gasteiger partial charge < -0.3 is 5.11 Å². The quantitative estimate of drug-likeness (QED) is 0.688. The summed E-state index contributed by atoms with van der Waals surface area (Å²) in [6.45, 7) is 8.75. The summed E-state index contributed by atoms with van der Waals surface area (Å²) in [5.41, 5.74) is 1.87. The lowest BCUT2D eigenvalue weighted by atomic mass is 9.64. The molecule has 0 heterocycles. The molecule has 0 unspecified atom stereocenters. The number of fused-ring (bicyclic) bond motifs is 1. The van der Waals surface area contributed by atoms with Crippen molar-refractivity contribution >= 4 is 0 Å². The fourth-order valence-electron chi connectivity index (χ4n) is 4.00. The van der Waals surface area contributed by atoms with E-state index in [0.29, 0.717) is 17.3 Å². The molecule has 4 atom stereocenters. The Balaban J connectivity index is 2.21. The molecule has 0 amide bonds. The minimum atomic E-state index is -0.105. The summed E-state index contributed by atoms with van der Waals surface area (Å²) >= 11 is 0. The van der Waals surface area contributed by atoms with Gasteiger partial charge in [0.1, 0.15) is 0 Å². The van der Waals surface area contributed by atoms with Crippen molar-refractivity contribution in [3.8, 4) is 0 Å². The van der Waals surface area contributed by atoms with Crippen LogP contribution < -0.4 is 0 Å². The average molecular weight is 208 g/mol. The van der Waals surface area contributed by atoms with Crippen molar-refractivity contribution in [2.75, 3.05) is 0 Å². The highest BCUT2D eigenvalue weighted by molar-refractivity contribution is 5.16. The minimum absolute atomic E-state index is 0.105. The van der Waals surface area contributed by atoms with Crippen molar-refractivity contribution in [2.45, 2.75) is 58.5 Å². The smallest absolute Gasteiger partial charge is 0.0571 e. The number of rotatable bonds is 2. The molecule has 2 rings (SSSR count). The van der Waals surface area contributed by atoms with Gasteiger partial charge in [0.2, 0.25) is 0 Å². The van der Waals surface area contributed by atoms with E-state index in [-0.39, 0.29) is 6.10 Å². The van der Waals surface area contributed by atoms with E-state index in [2.05, 4.69) is 20.4 Å². The Hall–Kier alpha value is -0.300. The molecule has 0 aromatic heterocycles. The van der Waals surface area contributed by atoms with E-state index in [0.717, 1.165) is 6.42 Å². The molecule has 1 heteroatoms. The van der Waals surface area contributed by atoms with Gasteiger partial charge in [-0.15, -0.1) is 0 Å². The lowest BCUT2D eigenvalue weighted by Crippen LogP contribution is -2.34. The summed E-state index contributed by atoms with van der Waals surface area (Å²) in [6, 6.07) is 0. The van der Waals surface area contributed by atoms with Crippen LogP contribution in [0, 0.1) is 17.3 Å². The van der Waals surface area contributed by atoms with E-state index in [1.165, 1.54) is 37.7 Å². The number of aliphatic hydroxyl groups excluding tert-OH is 1. The van der Waals surface area contributed by atoms with Gasteiger partial charge in [0.05, 0.1) is 6.10 Å². The van der Waals surface area contributed by atoms with Gasteiger partial charge >= 0.3 is 0 Å². The molecule has 2 fully saturated rings. The van der Waals surface area contributed by atoms with Crippen LogP contribution in [0.25, 0.3) is 0 Å². The maximum absolute atomic E-state index is 10.1. The first kappa shape index (κ1) is 11.2. The van der Waals surface area contributed by atoms with Crippen molar-refractivity contribution in [2.24, 2.45) is 17.3 Å². The number of aliphatic hydroxyl groups is 1. The van der Waals surface area contributed by atoms with E-state index in [1.54, 1.807) is 0 Å². The highest BCUT2D eigenvalue weighted by atomic mass is 16.3. The predicted molar refractivity (Wildman–Crippen MR) is 63.6 cm³/mol. The molecule has 0 aliphatic heterocycles. The molecule has 0 saturated heterocycles. The van der Waals surface area contributed by atoms with Crippen molar-refractivity contribution in [3.63, 3.8) is 0 Å². The third-order valence-electron chi connectivity index (χ3n) is 4.83. The Morgan fingerprint density at radius 3 is 2.93 bits per heavy atom. The zero-order valence-corrected chi connectivity index (χ0v) is 10.1. The standard InChI is InChI=1S/C14H24O/c1-4-12(15)11-7-9-14(3)8-5-6-10(2)13(11)14/h11-13,15H,2,4-9H2,1,3H3/t11-,12+,13-,14+/m0/s1. The molecule has 1 nitrogen and oxygen atoms in total. The lowest BCUT2D eigenvalue weighted by Gasteiger charge is -2.41. The maximum atomic E-state index is 10.1. The zero-order valence-electron chi connectivity index (χ0n) is 10.1.